The van der Waals surface area contributed by atoms with Gasteiger partial charge >= 0.3 is 0 Å². The van der Waals surface area contributed by atoms with Gasteiger partial charge in [-0.05, 0) is 44.9 Å². The molecule has 0 aromatic rings. The highest BCUT2D eigenvalue weighted by Crippen LogP contribution is 2.28. The molecule has 2 N–H and O–H groups in total. The van der Waals surface area contributed by atoms with Crippen LogP contribution in [0, 0.1) is 11.8 Å². The van der Waals surface area contributed by atoms with Crippen LogP contribution in [0.5, 0.6) is 0 Å². The van der Waals surface area contributed by atoms with E-state index in [4.69, 9.17) is 0 Å². The summed E-state index contributed by atoms with van der Waals surface area (Å²) in [5.74, 6) is 1.66. The molecule has 0 saturated heterocycles. The highest BCUT2D eigenvalue weighted by atomic mass is 16.3. The smallest absolute Gasteiger partial charge is 0.0715 e. The predicted octanol–water partition coefficient (Wildman–Crippen LogP) is 2.17. The molecule has 0 unspecified atom stereocenters. The summed E-state index contributed by atoms with van der Waals surface area (Å²) in [5, 5.41) is 13.1. The van der Waals surface area contributed by atoms with Crippen LogP contribution < -0.4 is 5.32 Å². The number of nitrogens with one attached hydrogen (secondary N) is 1. The van der Waals surface area contributed by atoms with Gasteiger partial charge in [0.25, 0.3) is 0 Å². The topological polar surface area (TPSA) is 32.3 Å². The summed E-state index contributed by atoms with van der Waals surface area (Å²) in [6.45, 7) is 9.07. The minimum absolute atomic E-state index is 0.579. The molecule has 14 heavy (non-hydrogen) atoms. The molecule has 0 aromatic heterocycles. The zero-order chi connectivity index (χ0) is 10.8. The fraction of sp³-hybridized carbons (Fsp3) is 1.00. The van der Waals surface area contributed by atoms with Gasteiger partial charge in [-0.25, -0.2) is 0 Å². The quantitative estimate of drug-likeness (QED) is 0.730. The maximum absolute atomic E-state index is 9.62. The fourth-order valence-electron chi connectivity index (χ4n) is 2.51. The first-order chi connectivity index (χ1) is 6.37. The largest absolute Gasteiger partial charge is 0.389 e. The van der Waals surface area contributed by atoms with E-state index in [2.05, 4.69) is 19.2 Å². The van der Waals surface area contributed by atoms with E-state index in [1.165, 1.54) is 19.3 Å². The van der Waals surface area contributed by atoms with Crippen molar-refractivity contribution >= 4 is 0 Å². The predicted molar refractivity (Wildman–Crippen MR) is 60.3 cm³/mol. The molecule has 2 atom stereocenters. The summed E-state index contributed by atoms with van der Waals surface area (Å²) in [6.07, 6.45) is 3.89. The van der Waals surface area contributed by atoms with Gasteiger partial charge in [0.1, 0.15) is 0 Å². The van der Waals surface area contributed by atoms with Crippen molar-refractivity contribution in [3.05, 3.63) is 0 Å². The summed E-state index contributed by atoms with van der Waals surface area (Å²) in [5.41, 5.74) is -0.579. The monoisotopic (exact) mass is 199 g/mol. The molecule has 0 bridgehead atoms. The number of hydrogen-bond acceptors (Lipinski definition) is 2. The molecule has 2 nitrogen and oxygen atoms in total. The Kier molecular flexibility index (Phi) is 3.96. The minimum Gasteiger partial charge on any atom is -0.389 e. The van der Waals surface area contributed by atoms with Crippen molar-refractivity contribution in [1.82, 2.24) is 5.32 Å². The molecule has 1 rings (SSSR count). The van der Waals surface area contributed by atoms with E-state index in [1.54, 1.807) is 0 Å². The Hall–Kier alpha value is -0.0800. The molecule has 0 heterocycles. The van der Waals surface area contributed by atoms with Gasteiger partial charge in [-0.2, -0.15) is 0 Å². The minimum atomic E-state index is -0.579. The molecule has 0 radical (unpaired) electrons. The van der Waals surface area contributed by atoms with Gasteiger partial charge in [0.05, 0.1) is 5.60 Å². The Morgan fingerprint density at radius 3 is 2.07 bits per heavy atom. The Morgan fingerprint density at radius 1 is 1.14 bits per heavy atom. The summed E-state index contributed by atoms with van der Waals surface area (Å²) < 4.78 is 0. The number of rotatable bonds is 3. The van der Waals surface area contributed by atoms with Gasteiger partial charge in [0.2, 0.25) is 0 Å². The lowest BCUT2D eigenvalue weighted by molar-refractivity contribution is 0.0713. The third-order valence-corrected chi connectivity index (χ3v) is 3.00. The van der Waals surface area contributed by atoms with Gasteiger partial charge in [0.15, 0.2) is 0 Å². The third kappa shape index (κ3) is 4.43. The van der Waals surface area contributed by atoms with Crippen LogP contribution in [0.1, 0.15) is 47.0 Å². The van der Waals surface area contributed by atoms with Gasteiger partial charge in [-0.15, -0.1) is 0 Å². The summed E-state index contributed by atoms with van der Waals surface area (Å²) >= 11 is 0. The lowest BCUT2D eigenvalue weighted by Crippen LogP contribution is -2.43. The highest BCUT2D eigenvalue weighted by Gasteiger charge is 2.24. The number of hydrogen-bond donors (Lipinski definition) is 2. The van der Waals surface area contributed by atoms with Crippen molar-refractivity contribution < 1.29 is 5.11 Å². The molecule has 0 spiro atoms. The molecule has 84 valence electrons. The Bertz CT molecular complexity index is 164. The molecule has 1 saturated carbocycles. The zero-order valence-electron chi connectivity index (χ0n) is 10.0. The molecular formula is C12H25NO. The van der Waals surface area contributed by atoms with Crippen molar-refractivity contribution in [2.24, 2.45) is 11.8 Å². The average Bonchev–Trinajstić information content (AvgIpc) is 1.97. The highest BCUT2D eigenvalue weighted by molar-refractivity contribution is 4.81. The van der Waals surface area contributed by atoms with Gasteiger partial charge in [0, 0.05) is 12.6 Å². The van der Waals surface area contributed by atoms with Crippen LogP contribution >= 0.6 is 0 Å². The van der Waals surface area contributed by atoms with Crippen LogP contribution in [0.15, 0.2) is 0 Å². The van der Waals surface area contributed by atoms with Crippen LogP contribution in [0.25, 0.3) is 0 Å². The number of aliphatic hydroxyl groups is 1. The molecule has 0 aromatic carbocycles. The Morgan fingerprint density at radius 2 is 1.64 bits per heavy atom. The lowest BCUT2D eigenvalue weighted by Gasteiger charge is -2.33. The lowest BCUT2D eigenvalue weighted by atomic mass is 9.80. The second-order valence-electron chi connectivity index (χ2n) is 5.81. The molecule has 0 amide bonds. The normalized spacial score (nSPS) is 34.5. The first-order valence-electron chi connectivity index (χ1n) is 5.82. The second kappa shape index (κ2) is 4.63. The fourth-order valence-corrected chi connectivity index (χ4v) is 2.51. The molecule has 2 heteroatoms. The van der Waals surface area contributed by atoms with Crippen LogP contribution in [-0.4, -0.2) is 23.3 Å². The molecule has 1 fully saturated rings. The molecule has 1 aliphatic rings. The maximum Gasteiger partial charge on any atom is 0.0715 e. The Labute approximate surface area is 88.1 Å². The third-order valence-electron chi connectivity index (χ3n) is 3.00. The summed E-state index contributed by atoms with van der Waals surface area (Å²) in [7, 11) is 0. The molecule has 0 aliphatic heterocycles. The maximum atomic E-state index is 9.62. The first-order valence-corrected chi connectivity index (χ1v) is 5.82. The molecule has 1 aliphatic carbocycles. The van der Waals surface area contributed by atoms with E-state index in [-0.39, 0.29) is 0 Å². The average molecular weight is 199 g/mol. The van der Waals surface area contributed by atoms with Gasteiger partial charge < -0.3 is 10.4 Å². The van der Waals surface area contributed by atoms with Crippen LogP contribution in [0.4, 0.5) is 0 Å². The van der Waals surface area contributed by atoms with Crippen molar-refractivity contribution in [2.45, 2.75) is 58.6 Å². The van der Waals surface area contributed by atoms with Crippen molar-refractivity contribution in [2.75, 3.05) is 6.54 Å². The summed E-state index contributed by atoms with van der Waals surface area (Å²) in [6, 6.07) is 0.611. The van der Waals surface area contributed by atoms with E-state index in [1.807, 2.05) is 13.8 Å². The van der Waals surface area contributed by atoms with Crippen molar-refractivity contribution in [1.29, 1.82) is 0 Å². The van der Waals surface area contributed by atoms with Crippen LogP contribution in [0.3, 0.4) is 0 Å². The van der Waals surface area contributed by atoms with E-state index < -0.39 is 5.60 Å². The van der Waals surface area contributed by atoms with Crippen molar-refractivity contribution in [3.8, 4) is 0 Å². The van der Waals surface area contributed by atoms with E-state index >= 15 is 0 Å². The zero-order valence-corrected chi connectivity index (χ0v) is 10.0. The summed E-state index contributed by atoms with van der Waals surface area (Å²) in [4.78, 5) is 0. The van der Waals surface area contributed by atoms with Crippen LogP contribution in [0.2, 0.25) is 0 Å². The van der Waals surface area contributed by atoms with E-state index in [0.717, 1.165) is 11.8 Å². The first kappa shape index (κ1) is 12.0. The Balaban J connectivity index is 2.30. The van der Waals surface area contributed by atoms with E-state index in [0.29, 0.717) is 12.6 Å². The second-order valence-corrected chi connectivity index (χ2v) is 5.81. The standard InChI is InChI=1S/C12H25NO/c1-9-5-10(2)7-11(6-9)13-8-12(3,4)14/h9-11,13-14H,5-8H2,1-4H3/t9-,10-/m1/s1. The van der Waals surface area contributed by atoms with Gasteiger partial charge in [-0.3, -0.25) is 0 Å². The van der Waals surface area contributed by atoms with Gasteiger partial charge in [-0.1, -0.05) is 13.8 Å². The molecular weight excluding hydrogens is 174 g/mol. The van der Waals surface area contributed by atoms with Crippen molar-refractivity contribution in [3.63, 3.8) is 0 Å². The SMILES string of the molecule is C[C@H]1CC(NCC(C)(C)O)C[C@H](C)C1. The van der Waals surface area contributed by atoms with Crippen LogP contribution in [-0.2, 0) is 0 Å². The van der Waals surface area contributed by atoms with E-state index in [9.17, 15) is 5.11 Å².